The van der Waals surface area contributed by atoms with Crippen molar-refractivity contribution in [3.8, 4) is 11.5 Å². The van der Waals surface area contributed by atoms with E-state index in [-0.39, 0.29) is 11.7 Å². The van der Waals surface area contributed by atoms with Crippen LogP contribution in [0.3, 0.4) is 0 Å². The number of hydrogen-bond acceptors (Lipinski definition) is 3. The molecule has 5 nitrogen and oxygen atoms in total. The summed E-state index contributed by atoms with van der Waals surface area (Å²) in [6.07, 6.45) is -4.70. The molecule has 0 radical (unpaired) electrons. The summed E-state index contributed by atoms with van der Waals surface area (Å²) in [5.41, 5.74) is 7.50. The maximum Gasteiger partial charge on any atom is 0.573 e. The molecule has 0 aliphatic rings. The lowest BCUT2D eigenvalue weighted by atomic mass is 10.2. The number of methoxy groups -OCH3 is 1. The molecule has 0 aromatic heterocycles. The molecule has 0 bridgehead atoms. The second kappa shape index (κ2) is 8.27. The fourth-order valence-corrected chi connectivity index (χ4v) is 1.96. The van der Waals surface area contributed by atoms with Crippen LogP contribution in [0.2, 0.25) is 0 Å². The molecule has 8 heteroatoms. The zero-order valence-electron chi connectivity index (χ0n) is 13.5. The van der Waals surface area contributed by atoms with Crippen LogP contribution in [0, 0.1) is 0 Å². The van der Waals surface area contributed by atoms with Crippen molar-refractivity contribution in [1.82, 2.24) is 5.32 Å². The van der Waals surface area contributed by atoms with Gasteiger partial charge in [-0.05, 0) is 35.4 Å². The molecule has 0 spiro atoms. The Labute approximate surface area is 143 Å². The number of rotatable bonds is 6. The summed E-state index contributed by atoms with van der Waals surface area (Å²) in [4.78, 5) is 4.20. The molecule has 0 unspecified atom stereocenters. The van der Waals surface area contributed by atoms with E-state index in [1.165, 1.54) is 24.3 Å². The average Bonchev–Trinajstić information content (AvgIpc) is 2.58. The van der Waals surface area contributed by atoms with Crippen molar-refractivity contribution in [3.05, 3.63) is 59.7 Å². The zero-order valence-corrected chi connectivity index (χ0v) is 13.5. The van der Waals surface area contributed by atoms with Gasteiger partial charge in [-0.25, -0.2) is 4.99 Å². The van der Waals surface area contributed by atoms with Crippen LogP contribution in [0.1, 0.15) is 11.1 Å². The minimum Gasteiger partial charge on any atom is -0.497 e. The molecule has 3 N–H and O–H groups in total. The summed E-state index contributed by atoms with van der Waals surface area (Å²) in [7, 11) is 1.59. The van der Waals surface area contributed by atoms with Crippen molar-refractivity contribution < 1.29 is 22.6 Å². The number of ether oxygens (including phenoxy) is 2. The molecule has 0 amide bonds. The van der Waals surface area contributed by atoms with E-state index >= 15 is 0 Å². The Bertz CT molecular complexity index is 699. The highest BCUT2D eigenvalue weighted by molar-refractivity contribution is 5.77. The standard InChI is InChI=1S/C17H18F3N3O2/c1-24-14-6-2-12(3-7-14)10-22-16(21)23-11-13-4-8-15(9-5-13)25-17(18,19)20/h2-9H,10-11H2,1H3,(H3,21,22,23). The Kier molecular flexibility index (Phi) is 6.10. The van der Waals surface area contributed by atoms with Crippen molar-refractivity contribution >= 4 is 5.96 Å². The van der Waals surface area contributed by atoms with E-state index in [9.17, 15) is 13.2 Å². The normalized spacial score (nSPS) is 11.9. The van der Waals surface area contributed by atoms with Crippen LogP contribution >= 0.6 is 0 Å². The average molecular weight is 353 g/mol. The lowest BCUT2D eigenvalue weighted by molar-refractivity contribution is -0.274. The van der Waals surface area contributed by atoms with Crippen molar-refractivity contribution in [3.63, 3.8) is 0 Å². The second-order valence-electron chi connectivity index (χ2n) is 5.09. The first-order valence-corrected chi connectivity index (χ1v) is 7.37. The number of halogens is 3. The third-order valence-electron chi connectivity index (χ3n) is 3.22. The minimum absolute atomic E-state index is 0.242. The van der Waals surface area contributed by atoms with Gasteiger partial charge in [0.05, 0.1) is 13.7 Å². The van der Waals surface area contributed by atoms with Crippen LogP contribution in [0.15, 0.2) is 53.5 Å². The van der Waals surface area contributed by atoms with Crippen molar-refractivity contribution in [2.75, 3.05) is 7.11 Å². The largest absolute Gasteiger partial charge is 0.573 e. The minimum atomic E-state index is -4.70. The topological polar surface area (TPSA) is 68.9 Å². The van der Waals surface area contributed by atoms with Gasteiger partial charge in [0.1, 0.15) is 11.5 Å². The van der Waals surface area contributed by atoms with E-state index in [1.807, 2.05) is 24.3 Å². The molecule has 2 rings (SSSR count). The molecule has 134 valence electrons. The highest BCUT2D eigenvalue weighted by Crippen LogP contribution is 2.22. The van der Waals surface area contributed by atoms with Gasteiger partial charge in [-0.1, -0.05) is 24.3 Å². The summed E-state index contributed by atoms with van der Waals surface area (Å²) >= 11 is 0. The summed E-state index contributed by atoms with van der Waals surface area (Å²) in [5.74, 6) is 0.737. The van der Waals surface area contributed by atoms with Crippen LogP contribution in [-0.2, 0) is 13.1 Å². The monoisotopic (exact) mass is 353 g/mol. The zero-order chi connectivity index (χ0) is 18.3. The number of benzene rings is 2. The summed E-state index contributed by atoms with van der Waals surface area (Å²) < 4.78 is 45.1. The number of nitrogens with zero attached hydrogens (tertiary/aromatic N) is 1. The van der Waals surface area contributed by atoms with E-state index in [1.54, 1.807) is 7.11 Å². The number of alkyl halides is 3. The number of nitrogens with one attached hydrogen (secondary N) is 1. The fraction of sp³-hybridized carbons (Fsp3) is 0.235. The van der Waals surface area contributed by atoms with Gasteiger partial charge in [0.2, 0.25) is 0 Å². The molecule has 2 aromatic carbocycles. The number of hydrogen-bond donors (Lipinski definition) is 2. The van der Waals surface area contributed by atoms with Crippen LogP contribution in [0.4, 0.5) is 13.2 Å². The van der Waals surface area contributed by atoms with Crippen molar-refractivity contribution in [1.29, 1.82) is 0 Å². The Morgan fingerprint density at radius 2 is 1.56 bits per heavy atom. The number of aliphatic imine (C=N–C) groups is 1. The second-order valence-corrected chi connectivity index (χ2v) is 5.09. The number of nitrogens with two attached hydrogens (primary N) is 1. The van der Waals surface area contributed by atoms with E-state index < -0.39 is 6.36 Å². The molecule has 0 saturated heterocycles. The molecular formula is C17H18F3N3O2. The molecule has 0 aliphatic carbocycles. The van der Waals surface area contributed by atoms with Gasteiger partial charge in [-0.2, -0.15) is 0 Å². The smallest absolute Gasteiger partial charge is 0.497 e. The molecule has 0 saturated carbocycles. The highest BCUT2D eigenvalue weighted by atomic mass is 19.4. The van der Waals surface area contributed by atoms with Crippen LogP contribution in [0.5, 0.6) is 11.5 Å². The third-order valence-corrected chi connectivity index (χ3v) is 3.22. The first-order chi connectivity index (χ1) is 11.9. The van der Waals surface area contributed by atoms with E-state index in [4.69, 9.17) is 10.5 Å². The Morgan fingerprint density at radius 3 is 2.12 bits per heavy atom. The van der Waals surface area contributed by atoms with Crippen LogP contribution in [-0.4, -0.2) is 19.4 Å². The molecule has 25 heavy (non-hydrogen) atoms. The molecule has 0 heterocycles. The van der Waals surface area contributed by atoms with Crippen LogP contribution < -0.4 is 20.5 Å². The first-order valence-electron chi connectivity index (χ1n) is 7.37. The quantitative estimate of drug-likeness (QED) is 0.618. The van der Waals surface area contributed by atoms with Gasteiger partial charge in [0, 0.05) is 6.54 Å². The maximum absolute atomic E-state index is 12.1. The molecular weight excluding hydrogens is 335 g/mol. The predicted molar refractivity (Wildman–Crippen MR) is 88.3 cm³/mol. The lowest BCUT2D eigenvalue weighted by Gasteiger charge is -2.10. The van der Waals surface area contributed by atoms with E-state index in [2.05, 4.69) is 15.0 Å². The van der Waals surface area contributed by atoms with E-state index in [0.29, 0.717) is 13.1 Å². The Hall–Kier alpha value is -2.90. The van der Waals surface area contributed by atoms with Gasteiger partial charge >= 0.3 is 6.36 Å². The summed E-state index contributed by atoms with van der Waals surface area (Å²) in [6.45, 7) is 0.741. The molecule has 0 atom stereocenters. The van der Waals surface area contributed by atoms with Crippen molar-refractivity contribution in [2.45, 2.75) is 19.5 Å². The Morgan fingerprint density at radius 1 is 1.00 bits per heavy atom. The first kappa shape index (κ1) is 18.4. The Balaban J connectivity index is 1.83. The number of guanidine groups is 1. The molecule has 0 fully saturated rings. The van der Waals surface area contributed by atoms with Gasteiger partial charge in [-0.3, -0.25) is 0 Å². The lowest BCUT2D eigenvalue weighted by Crippen LogP contribution is -2.31. The third kappa shape index (κ3) is 6.62. The van der Waals surface area contributed by atoms with E-state index in [0.717, 1.165) is 16.9 Å². The van der Waals surface area contributed by atoms with Crippen LogP contribution in [0.25, 0.3) is 0 Å². The summed E-state index contributed by atoms with van der Waals surface area (Å²) in [6, 6.07) is 13.0. The molecule has 0 aliphatic heterocycles. The highest BCUT2D eigenvalue weighted by Gasteiger charge is 2.30. The molecule has 2 aromatic rings. The van der Waals surface area contributed by atoms with Gasteiger partial charge in [-0.15, -0.1) is 13.2 Å². The fourth-order valence-electron chi connectivity index (χ4n) is 1.96. The van der Waals surface area contributed by atoms with Gasteiger partial charge in [0.15, 0.2) is 5.96 Å². The van der Waals surface area contributed by atoms with Crippen molar-refractivity contribution in [2.24, 2.45) is 10.7 Å². The SMILES string of the molecule is COc1ccc(CN=C(N)NCc2ccc(OC(F)(F)F)cc2)cc1. The summed E-state index contributed by atoms with van der Waals surface area (Å²) in [5, 5.41) is 2.90. The predicted octanol–water partition coefficient (Wildman–Crippen LogP) is 3.20. The van der Waals surface area contributed by atoms with Gasteiger partial charge < -0.3 is 20.5 Å². The maximum atomic E-state index is 12.1. The van der Waals surface area contributed by atoms with Gasteiger partial charge in [0.25, 0.3) is 0 Å².